The lowest BCUT2D eigenvalue weighted by molar-refractivity contribution is -0.143. The summed E-state index contributed by atoms with van der Waals surface area (Å²) >= 11 is 0. The molecule has 4 atom stereocenters. The Kier molecular flexibility index (Phi) is 9.32. The van der Waals surface area contributed by atoms with Crippen LogP contribution in [0.4, 0.5) is 0 Å². The van der Waals surface area contributed by atoms with E-state index in [0.717, 1.165) is 6.42 Å². The average molecular weight is 401 g/mol. The van der Waals surface area contributed by atoms with Crippen LogP contribution in [-0.4, -0.2) is 77.1 Å². The number of aliphatic carboxylic acids is 1. The summed E-state index contributed by atoms with van der Waals surface area (Å²) in [6.07, 6.45) is 1.24. The molecular weight excluding hydrogens is 374 g/mol. The molecule has 1 fully saturated rings. The van der Waals surface area contributed by atoms with Crippen LogP contribution in [0.25, 0.3) is 0 Å². The first-order valence-corrected chi connectivity index (χ1v) is 8.92. The van der Waals surface area contributed by atoms with E-state index in [1.807, 2.05) is 0 Å². The zero-order valence-corrected chi connectivity index (χ0v) is 15.6. The molecule has 12 nitrogen and oxygen atoms in total. The van der Waals surface area contributed by atoms with E-state index in [0.29, 0.717) is 13.0 Å². The Morgan fingerprint density at radius 1 is 1.11 bits per heavy atom. The summed E-state index contributed by atoms with van der Waals surface area (Å²) in [5, 5.41) is 27.7. The summed E-state index contributed by atoms with van der Waals surface area (Å²) < 4.78 is 0. The largest absolute Gasteiger partial charge is 0.480 e. The van der Waals surface area contributed by atoms with Crippen molar-refractivity contribution in [3.8, 4) is 0 Å². The van der Waals surface area contributed by atoms with Crippen LogP contribution in [0.15, 0.2) is 0 Å². The highest BCUT2D eigenvalue weighted by atomic mass is 16.4. The van der Waals surface area contributed by atoms with Gasteiger partial charge in [0.05, 0.1) is 12.6 Å². The summed E-state index contributed by atoms with van der Waals surface area (Å²) in [6.45, 7) is 1.19. The van der Waals surface area contributed by atoms with Gasteiger partial charge in [-0.15, -0.1) is 0 Å². The van der Waals surface area contributed by atoms with Crippen molar-refractivity contribution in [1.29, 1.82) is 0 Å². The van der Waals surface area contributed by atoms with Crippen LogP contribution in [0.3, 0.4) is 0 Å². The van der Waals surface area contributed by atoms with Gasteiger partial charge < -0.3 is 37.2 Å². The predicted octanol–water partition coefficient (Wildman–Crippen LogP) is -3.44. The van der Waals surface area contributed by atoms with E-state index in [1.165, 1.54) is 6.92 Å². The molecule has 1 aliphatic rings. The summed E-state index contributed by atoms with van der Waals surface area (Å²) in [6, 6.07) is -4.18. The number of primary amides is 1. The topological polar surface area (TPSA) is 200 Å². The lowest BCUT2D eigenvalue weighted by atomic mass is 10.1. The van der Waals surface area contributed by atoms with Crippen LogP contribution in [0.2, 0.25) is 0 Å². The molecular formula is C16H27N5O7. The lowest BCUT2D eigenvalue weighted by Gasteiger charge is -2.23. The maximum Gasteiger partial charge on any atom is 0.328 e. The number of nitrogens with one attached hydrogen (secondary N) is 4. The van der Waals surface area contributed by atoms with Crippen LogP contribution < -0.4 is 27.0 Å². The van der Waals surface area contributed by atoms with Crippen molar-refractivity contribution in [3.05, 3.63) is 0 Å². The van der Waals surface area contributed by atoms with Gasteiger partial charge in [0, 0.05) is 6.42 Å². The van der Waals surface area contributed by atoms with Crippen LogP contribution in [0.1, 0.15) is 32.6 Å². The van der Waals surface area contributed by atoms with E-state index < -0.39 is 60.4 Å². The number of hydrogen-bond acceptors (Lipinski definition) is 7. The highest BCUT2D eigenvalue weighted by Crippen LogP contribution is 2.07. The van der Waals surface area contributed by atoms with E-state index in [9.17, 15) is 24.0 Å². The summed E-state index contributed by atoms with van der Waals surface area (Å²) in [5.74, 6) is -4.02. The second kappa shape index (κ2) is 11.2. The number of amides is 4. The average Bonchev–Trinajstić information content (AvgIpc) is 3.16. The standard InChI is InChI=1S/C16H27N5O7/c1-8(13(24)21-11(7-22)16(27)28)19-15(26)10(4-5-12(17)23)20-14(25)9-3-2-6-18-9/h8-11,18,22H,2-7H2,1H3,(H2,17,23)(H,19,26)(H,20,25)(H,21,24)(H,27,28). The Labute approximate surface area is 161 Å². The fourth-order valence-electron chi connectivity index (χ4n) is 2.60. The van der Waals surface area contributed by atoms with E-state index in [1.54, 1.807) is 0 Å². The zero-order valence-electron chi connectivity index (χ0n) is 15.6. The van der Waals surface area contributed by atoms with Crippen molar-refractivity contribution < 1.29 is 34.2 Å². The van der Waals surface area contributed by atoms with Gasteiger partial charge in [0.15, 0.2) is 0 Å². The number of carbonyl (C=O) groups is 5. The number of aliphatic hydroxyl groups is 1. The molecule has 0 aromatic carbocycles. The van der Waals surface area contributed by atoms with Gasteiger partial charge >= 0.3 is 5.97 Å². The Morgan fingerprint density at radius 2 is 1.79 bits per heavy atom. The fraction of sp³-hybridized carbons (Fsp3) is 0.688. The summed E-state index contributed by atoms with van der Waals surface area (Å²) in [7, 11) is 0. The van der Waals surface area contributed by atoms with E-state index >= 15 is 0 Å². The minimum atomic E-state index is -1.51. The number of carboxylic acid groups (broad SMARTS) is 1. The smallest absolute Gasteiger partial charge is 0.328 e. The van der Waals surface area contributed by atoms with Gasteiger partial charge in [-0.3, -0.25) is 19.2 Å². The zero-order chi connectivity index (χ0) is 21.3. The minimum Gasteiger partial charge on any atom is -0.480 e. The molecule has 12 heteroatoms. The third kappa shape index (κ3) is 7.48. The molecule has 1 heterocycles. The molecule has 0 spiro atoms. The van der Waals surface area contributed by atoms with Gasteiger partial charge in [0.2, 0.25) is 23.6 Å². The number of hydrogen-bond donors (Lipinski definition) is 7. The monoisotopic (exact) mass is 401 g/mol. The van der Waals surface area contributed by atoms with Gasteiger partial charge in [-0.2, -0.15) is 0 Å². The highest BCUT2D eigenvalue weighted by molar-refractivity contribution is 5.94. The van der Waals surface area contributed by atoms with E-state index in [4.69, 9.17) is 15.9 Å². The number of rotatable bonds is 11. The third-order valence-corrected chi connectivity index (χ3v) is 4.24. The van der Waals surface area contributed by atoms with Gasteiger partial charge in [0.25, 0.3) is 0 Å². The quantitative estimate of drug-likeness (QED) is 0.185. The molecule has 0 saturated carbocycles. The van der Waals surface area contributed by atoms with Crippen molar-refractivity contribution in [2.45, 2.75) is 56.8 Å². The first-order chi connectivity index (χ1) is 13.1. The van der Waals surface area contributed by atoms with Gasteiger partial charge in [0.1, 0.15) is 18.1 Å². The summed E-state index contributed by atoms with van der Waals surface area (Å²) in [4.78, 5) is 58.6. The number of carbonyl (C=O) groups excluding carboxylic acids is 4. The molecule has 1 saturated heterocycles. The maximum atomic E-state index is 12.5. The van der Waals surface area contributed by atoms with Crippen molar-refractivity contribution >= 4 is 29.6 Å². The molecule has 0 aromatic rings. The molecule has 28 heavy (non-hydrogen) atoms. The highest BCUT2D eigenvalue weighted by Gasteiger charge is 2.29. The van der Waals surface area contributed by atoms with Crippen molar-refractivity contribution in [2.75, 3.05) is 13.2 Å². The molecule has 0 bridgehead atoms. The molecule has 0 radical (unpaired) electrons. The van der Waals surface area contributed by atoms with Crippen LogP contribution >= 0.6 is 0 Å². The molecule has 1 aliphatic heterocycles. The van der Waals surface area contributed by atoms with Crippen LogP contribution in [0.5, 0.6) is 0 Å². The Balaban J connectivity index is 2.69. The lowest BCUT2D eigenvalue weighted by Crippen LogP contribution is -2.56. The molecule has 8 N–H and O–H groups in total. The molecule has 1 rings (SSSR count). The first-order valence-electron chi connectivity index (χ1n) is 8.92. The molecule has 4 unspecified atom stereocenters. The molecule has 4 amide bonds. The Bertz CT molecular complexity index is 606. The second-order valence-corrected chi connectivity index (χ2v) is 6.53. The molecule has 0 aliphatic carbocycles. The van der Waals surface area contributed by atoms with Gasteiger partial charge in [-0.1, -0.05) is 0 Å². The van der Waals surface area contributed by atoms with E-state index in [-0.39, 0.29) is 12.8 Å². The van der Waals surface area contributed by atoms with Gasteiger partial charge in [-0.25, -0.2) is 4.79 Å². The molecule has 0 aromatic heterocycles. The van der Waals surface area contributed by atoms with Crippen molar-refractivity contribution in [2.24, 2.45) is 5.73 Å². The van der Waals surface area contributed by atoms with Crippen molar-refractivity contribution in [1.82, 2.24) is 21.3 Å². The number of aliphatic hydroxyl groups excluding tert-OH is 1. The second-order valence-electron chi connectivity index (χ2n) is 6.53. The predicted molar refractivity (Wildman–Crippen MR) is 95.6 cm³/mol. The number of nitrogens with two attached hydrogens (primary N) is 1. The maximum absolute atomic E-state index is 12.5. The van der Waals surface area contributed by atoms with Gasteiger partial charge in [-0.05, 0) is 32.7 Å². The Hall–Kier alpha value is -2.73. The third-order valence-electron chi connectivity index (χ3n) is 4.24. The van der Waals surface area contributed by atoms with Crippen LogP contribution in [0, 0.1) is 0 Å². The summed E-state index contributed by atoms with van der Waals surface area (Å²) in [5.41, 5.74) is 5.10. The molecule has 158 valence electrons. The fourth-order valence-corrected chi connectivity index (χ4v) is 2.60. The minimum absolute atomic E-state index is 0.0532. The number of carboxylic acids is 1. The van der Waals surface area contributed by atoms with Crippen LogP contribution in [-0.2, 0) is 24.0 Å². The normalized spacial score (nSPS) is 19.1. The van der Waals surface area contributed by atoms with E-state index in [2.05, 4.69) is 21.3 Å². The van der Waals surface area contributed by atoms with Crippen molar-refractivity contribution in [3.63, 3.8) is 0 Å². The Morgan fingerprint density at radius 3 is 2.29 bits per heavy atom. The first kappa shape index (κ1) is 23.3. The SMILES string of the molecule is CC(NC(=O)C(CCC(N)=O)NC(=O)C1CCCN1)C(=O)NC(CO)C(=O)O.